The first kappa shape index (κ1) is 15.0. The molecule has 0 aliphatic rings. The van der Waals surface area contributed by atoms with E-state index in [2.05, 4.69) is 14.7 Å². The lowest BCUT2D eigenvalue weighted by atomic mass is 10.2. The summed E-state index contributed by atoms with van der Waals surface area (Å²) in [5.74, 6) is -0.0747. The molecule has 0 saturated carbocycles. The SMILES string of the molecule is Cc1cc(Cl)nc(NS(=O)(=O)c2cc(Cl)ccc2C)n1. The lowest BCUT2D eigenvalue weighted by molar-refractivity contribution is 0.600. The average Bonchev–Trinajstić information content (AvgIpc) is 2.30. The van der Waals surface area contributed by atoms with E-state index in [0.29, 0.717) is 16.3 Å². The normalized spacial score (nSPS) is 11.4. The molecule has 0 atom stereocenters. The summed E-state index contributed by atoms with van der Waals surface area (Å²) < 4.78 is 26.9. The molecule has 0 unspecified atom stereocenters. The van der Waals surface area contributed by atoms with Gasteiger partial charge in [0.2, 0.25) is 5.95 Å². The Morgan fingerprint density at radius 2 is 1.80 bits per heavy atom. The summed E-state index contributed by atoms with van der Waals surface area (Å²) >= 11 is 11.6. The van der Waals surface area contributed by atoms with Gasteiger partial charge in [-0.1, -0.05) is 29.3 Å². The summed E-state index contributed by atoms with van der Waals surface area (Å²) in [4.78, 5) is 7.88. The number of benzene rings is 1. The Morgan fingerprint density at radius 1 is 1.10 bits per heavy atom. The maximum Gasteiger partial charge on any atom is 0.264 e. The Bertz CT molecular complexity index is 743. The number of anilines is 1. The largest absolute Gasteiger partial charge is 0.264 e. The topological polar surface area (TPSA) is 72.0 Å². The van der Waals surface area contributed by atoms with Gasteiger partial charge in [-0.25, -0.2) is 23.1 Å². The number of rotatable bonds is 3. The smallest absolute Gasteiger partial charge is 0.247 e. The molecule has 1 aromatic heterocycles. The number of nitrogens with zero attached hydrogens (tertiary/aromatic N) is 2. The van der Waals surface area contributed by atoms with Gasteiger partial charge in [0.1, 0.15) is 5.15 Å². The van der Waals surface area contributed by atoms with E-state index in [9.17, 15) is 8.42 Å². The van der Waals surface area contributed by atoms with Crippen molar-refractivity contribution in [1.29, 1.82) is 0 Å². The molecule has 0 aliphatic heterocycles. The number of aryl methyl sites for hydroxylation is 2. The highest BCUT2D eigenvalue weighted by molar-refractivity contribution is 7.92. The van der Waals surface area contributed by atoms with Crippen LogP contribution in [0.3, 0.4) is 0 Å². The minimum Gasteiger partial charge on any atom is -0.247 e. The molecule has 8 heteroatoms. The highest BCUT2D eigenvalue weighted by atomic mass is 35.5. The Balaban J connectivity index is 2.43. The average molecular weight is 332 g/mol. The van der Waals surface area contributed by atoms with E-state index in [-0.39, 0.29) is 16.0 Å². The summed E-state index contributed by atoms with van der Waals surface area (Å²) in [5, 5.41) is 0.497. The molecular weight excluding hydrogens is 321 g/mol. The van der Waals surface area contributed by atoms with Crippen molar-refractivity contribution in [2.24, 2.45) is 0 Å². The fourth-order valence-corrected chi connectivity index (χ4v) is 3.30. The number of hydrogen-bond donors (Lipinski definition) is 1. The van der Waals surface area contributed by atoms with Crippen LogP contribution in [-0.2, 0) is 10.0 Å². The molecule has 1 N–H and O–H groups in total. The number of sulfonamides is 1. The third kappa shape index (κ3) is 3.39. The van der Waals surface area contributed by atoms with Crippen molar-refractivity contribution in [3.05, 3.63) is 45.7 Å². The third-order valence-electron chi connectivity index (χ3n) is 2.49. The zero-order chi connectivity index (χ0) is 14.9. The van der Waals surface area contributed by atoms with Crippen LogP contribution in [0.15, 0.2) is 29.2 Å². The predicted octanol–water partition coefficient (Wildman–Crippen LogP) is 3.20. The molecule has 20 heavy (non-hydrogen) atoms. The number of halogens is 2. The van der Waals surface area contributed by atoms with Crippen LogP contribution >= 0.6 is 23.2 Å². The van der Waals surface area contributed by atoms with E-state index in [1.807, 2.05) is 0 Å². The highest BCUT2D eigenvalue weighted by Crippen LogP contribution is 2.22. The van der Waals surface area contributed by atoms with Gasteiger partial charge < -0.3 is 0 Å². The van der Waals surface area contributed by atoms with Crippen LogP contribution in [0, 0.1) is 13.8 Å². The van der Waals surface area contributed by atoms with Gasteiger partial charge in [-0.3, -0.25) is 0 Å². The van der Waals surface area contributed by atoms with Crippen molar-refractivity contribution >= 4 is 39.2 Å². The molecule has 2 aromatic rings. The quantitative estimate of drug-likeness (QED) is 0.876. The predicted molar refractivity (Wildman–Crippen MR) is 78.8 cm³/mol. The summed E-state index contributed by atoms with van der Waals surface area (Å²) in [6.07, 6.45) is 0. The van der Waals surface area contributed by atoms with E-state index in [1.165, 1.54) is 12.1 Å². The van der Waals surface area contributed by atoms with Gasteiger partial charge in [-0.15, -0.1) is 0 Å². The standard InChI is InChI=1S/C12H11Cl2N3O2S/c1-7-3-4-9(13)6-10(7)20(18,19)17-12-15-8(2)5-11(14)16-12/h3-6H,1-2H3,(H,15,16,17). The van der Waals surface area contributed by atoms with Crippen LogP contribution in [0.25, 0.3) is 0 Å². The zero-order valence-corrected chi connectivity index (χ0v) is 13.0. The van der Waals surface area contributed by atoms with Gasteiger partial charge in [-0.2, -0.15) is 0 Å². The molecule has 2 rings (SSSR count). The van der Waals surface area contributed by atoms with E-state index in [0.717, 1.165) is 0 Å². The van der Waals surface area contributed by atoms with Crippen molar-refractivity contribution in [2.75, 3.05) is 4.72 Å². The molecule has 1 aromatic carbocycles. The monoisotopic (exact) mass is 331 g/mol. The molecule has 0 spiro atoms. The van der Waals surface area contributed by atoms with E-state index >= 15 is 0 Å². The molecule has 0 saturated heterocycles. The Hall–Kier alpha value is -1.37. The number of aromatic nitrogens is 2. The maximum absolute atomic E-state index is 12.3. The second kappa shape index (κ2) is 5.55. The van der Waals surface area contributed by atoms with Gasteiger partial charge in [0.15, 0.2) is 0 Å². The highest BCUT2D eigenvalue weighted by Gasteiger charge is 2.19. The van der Waals surface area contributed by atoms with E-state index in [4.69, 9.17) is 23.2 Å². The molecule has 5 nitrogen and oxygen atoms in total. The van der Waals surface area contributed by atoms with Crippen LogP contribution < -0.4 is 4.72 Å². The molecule has 0 aliphatic carbocycles. The van der Waals surface area contributed by atoms with Crippen LogP contribution in [0.5, 0.6) is 0 Å². The van der Waals surface area contributed by atoms with Crippen molar-refractivity contribution in [3.8, 4) is 0 Å². The fraction of sp³-hybridized carbons (Fsp3) is 0.167. The first-order valence-electron chi connectivity index (χ1n) is 5.58. The van der Waals surface area contributed by atoms with Crippen molar-refractivity contribution in [2.45, 2.75) is 18.7 Å². The second-order valence-electron chi connectivity index (χ2n) is 4.17. The second-order valence-corrected chi connectivity index (χ2v) is 6.65. The van der Waals surface area contributed by atoms with Crippen LogP contribution in [0.4, 0.5) is 5.95 Å². The molecule has 106 valence electrons. The zero-order valence-electron chi connectivity index (χ0n) is 10.7. The number of nitrogens with one attached hydrogen (secondary N) is 1. The summed E-state index contributed by atoms with van der Waals surface area (Å²) in [6.45, 7) is 3.37. The Labute approximate surface area is 127 Å². The lowest BCUT2D eigenvalue weighted by Gasteiger charge is -2.10. The van der Waals surface area contributed by atoms with Gasteiger partial charge in [0.25, 0.3) is 10.0 Å². The summed E-state index contributed by atoms with van der Waals surface area (Å²) in [6, 6.07) is 6.15. The van der Waals surface area contributed by atoms with E-state index < -0.39 is 10.0 Å². The molecule has 0 amide bonds. The van der Waals surface area contributed by atoms with Gasteiger partial charge in [0, 0.05) is 10.7 Å². The van der Waals surface area contributed by atoms with Gasteiger partial charge in [0.05, 0.1) is 4.90 Å². The van der Waals surface area contributed by atoms with Crippen molar-refractivity contribution in [3.63, 3.8) is 0 Å². The third-order valence-corrected chi connectivity index (χ3v) is 4.39. The Morgan fingerprint density at radius 3 is 2.45 bits per heavy atom. The molecular formula is C12H11Cl2N3O2S. The summed E-state index contributed by atoms with van der Waals surface area (Å²) in [7, 11) is -3.82. The summed E-state index contributed by atoms with van der Waals surface area (Å²) in [5.41, 5.74) is 1.13. The Kier molecular flexibility index (Phi) is 4.17. The first-order valence-corrected chi connectivity index (χ1v) is 7.82. The van der Waals surface area contributed by atoms with Crippen LogP contribution in [-0.4, -0.2) is 18.4 Å². The molecule has 0 fully saturated rings. The van der Waals surface area contributed by atoms with Gasteiger partial charge in [-0.05, 0) is 37.6 Å². The molecule has 1 heterocycles. The minimum absolute atomic E-state index is 0.0747. The van der Waals surface area contributed by atoms with Crippen molar-refractivity contribution < 1.29 is 8.42 Å². The molecule has 0 bridgehead atoms. The van der Waals surface area contributed by atoms with Gasteiger partial charge >= 0.3 is 0 Å². The van der Waals surface area contributed by atoms with Crippen molar-refractivity contribution in [1.82, 2.24) is 9.97 Å². The number of hydrogen-bond acceptors (Lipinski definition) is 4. The van der Waals surface area contributed by atoms with Crippen LogP contribution in [0.1, 0.15) is 11.3 Å². The minimum atomic E-state index is -3.82. The lowest BCUT2D eigenvalue weighted by Crippen LogP contribution is -2.16. The van der Waals surface area contributed by atoms with E-state index in [1.54, 1.807) is 26.0 Å². The first-order chi connectivity index (χ1) is 9.28. The molecule has 0 radical (unpaired) electrons. The maximum atomic E-state index is 12.3. The van der Waals surface area contributed by atoms with Crippen LogP contribution in [0.2, 0.25) is 10.2 Å². The fourth-order valence-electron chi connectivity index (χ4n) is 1.61.